The van der Waals surface area contributed by atoms with E-state index < -0.39 is 0 Å². The molecule has 2 aliphatic rings. The zero-order chi connectivity index (χ0) is 13.7. The summed E-state index contributed by atoms with van der Waals surface area (Å²) in [5, 5.41) is 3.70. The number of nitrogens with zero attached hydrogens (tertiary/aromatic N) is 1. The summed E-state index contributed by atoms with van der Waals surface area (Å²) in [5.74, 6) is 1.99. The highest BCUT2D eigenvalue weighted by molar-refractivity contribution is 4.84. The van der Waals surface area contributed by atoms with Crippen molar-refractivity contribution in [2.24, 2.45) is 11.8 Å². The van der Waals surface area contributed by atoms with Crippen molar-refractivity contribution in [2.45, 2.75) is 77.8 Å². The van der Waals surface area contributed by atoms with Crippen LogP contribution in [0.4, 0.5) is 0 Å². The summed E-state index contributed by atoms with van der Waals surface area (Å²) in [6.45, 7) is 10.9. The molecule has 0 radical (unpaired) electrons. The van der Waals surface area contributed by atoms with E-state index in [9.17, 15) is 0 Å². The van der Waals surface area contributed by atoms with E-state index >= 15 is 0 Å². The molecule has 112 valence electrons. The van der Waals surface area contributed by atoms with Gasteiger partial charge in [-0.25, -0.2) is 0 Å². The van der Waals surface area contributed by atoms with Crippen LogP contribution in [0.15, 0.2) is 0 Å². The molecular weight excluding hydrogens is 232 g/mol. The Bertz CT molecular complexity index is 254. The molecule has 19 heavy (non-hydrogen) atoms. The lowest BCUT2D eigenvalue weighted by Gasteiger charge is -2.40. The first kappa shape index (κ1) is 15.3. The van der Waals surface area contributed by atoms with Gasteiger partial charge in [0.05, 0.1) is 0 Å². The van der Waals surface area contributed by atoms with Gasteiger partial charge in [-0.3, -0.25) is 4.90 Å². The van der Waals surface area contributed by atoms with Crippen molar-refractivity contribution in [3.05, 3.63) is 0 Å². The molecule has 1 heterocycles. The number of rotatable bonds is 5. The molecule has 1 N–H and O–H groups in total. The summed E-state index contributed by atoms with van der Waals surface area (Å²) >= 11 is 0. The molecule has 0 aromatic heterocycles. The monoisotopic (exact) mass is 266 g/mol. The summed E-state index contributed by atoms with van der Waals surface area (Å²) in [4.78, 5) is 2.75. The van der Waals surface area contributed by atoms with E-state index in [4.69, 9.17) is 0 Å². The minimum absolute atomic E-state index is 0.731. The third-order valence-corrected chi connectivity index (χ3v) is 5.29. The maximum atomic E-state index is 3.70. The molecule has 1 aliphatic carbocycles. The lowest BCUT2D eigenvalue weighted by Crippen LogP contribution is -2.55. The van der Waals surface area contributed by atoms with Crippen LogP contribution in [0.5, 0.6) is 0 Å². The van der Waals surface area contributed by atoms with E-state index in [1.54, 1.807) is 0 Å². The lowest BCUT2D eigenvalue weighted by molar-refractivity contribution is 0.121. The molecular formula is C17H34N2. The molecule has 1 saturated heterocycles. The lowest BCUT2D eigenvalue weighted by atomic mass is 9.81. The summed E-state index contributed by atoms with van der Waals surface area (Å²) in [7, 11) is 0. The van der Waals surface area contributed by atoms with Crippen molar-refractivity contribution in [3.8, 4) is 0 Å². The van der Waals surface area contributed by atoms with E-state index in [0.29, 0.717) is 0 Å². The second kappa shape index (κ2) is 7.64. The van der Waals surface area contributed by atoms with Gasteiger partial charge >= 0.3 is 0 Å². The van der Waals surface area contributed by atoms with E-state index in [-0.39, 0.29) is 0 Å². The van der Waals surface area contributed by atoms with Crippen LogP contribution < -0.4 is 5.32 Å². The highest BCUT2D eigenvalue weighted by Crippen LogP contribution is 2.31. The molecule has 0 amide bonds. The van der Waals surface area contributed by atoms with Crippen LogP contribution in [0, 0.1) is 11.8 Å². The zero-order valence-corrected chi connectivity index (χ0v) is 13.3. The standard InChI is InChI=1S/C17H34N2/c1-4-6-17-13-19(15(3)12-18-17)10-9-16-8-5-7-14(2)11-16/h14-18H,4-13H2,1-3H3. The van der Waals surface area contributed by atoms with Gasteiger partial charge in [0.15, 0.2) is 0 Å². The number of hydrogen-bond acceptors (Lipinski definition) is 2. The largest absolute Gasteiger partial charge is 0.311 e. The minimum Gasteiger partial charge on any atom is -0.311 e. The average molecular weight is 266 g/mol. The Morgan fingerprint density at radius 3 is 2.74 bits per heavy atom. The second-order valence-electron chi connectivity index (χ2n) is 7.16. The number of nitrogens with one attached hydrogen (secondary N) is 1. The van der Waals surface area contributed by atoms with Crippen molar-refractivity contribution >= 4 is 0 Å². The Balaban J connectivity index is 1.73. The van der Waals surface area contributed by atoms with E-state index in [1.807, 2.05) is 0 Å². The first-order valence-electron chi connectivity index (χ1n) is 8.66. The van der Waals surface area contributed by atoms with Crippen molar-refractivity contribution in [3.63, 3.8) is 0 Å². The number of hydrogen-bond donors (Lipinski definition) is 1. The topological polar surface area (TPSA) is 15.3 Å². The van der Waals surface area contributed by atoms with Gasteiger partial charge < -0.3 is 5.32 Å². The summed E-state index contributed by atoms with van der Waals surface area (Å²) in [6.07, 6.45) is 10.00. The molecule has 2 fully saturated rings. The fourth-order valence-electron chi connectivity index (χ4n) is 4.02. The minimum atomic E-state index is 0.731. The maximum Gasteiger partial charge on any atom is 0.0195 e. The van der Waals surface area contributed by atoms with Gasteiger partial charge in [0.1, 0.15) is 0 Å². The van der Waals surface area contributed by atoms with Crippen LogP contribution in [0.3, 0.4) is 0 Å². The molecule has 4 unspecified atom stereocenters. The molecule has 0 aromatic carbocycles. The molecule has 2 rings (SSSR count). The van der Waals surface area contributed by atoms with Gasteiger partial charge in [-0.1, -0.05) is 39.5 Å². The predicted molar refractivity (Wildman–Crippen MR) is 83.5 cm³/mol. The van der Waals surface area contributed by atoms with Crippen molar-refractivity contribution in [1.82, 2.24) is 10.2 Å². The quantitative estimate of drug-likeness (QED) is 0.817. The molecule has 4 atom stereocenters. The summed E-state index contributed by atoms with van der Waals surface area (Å²) in [6, 6.07) is 1.47. The van der Waals surface area contributed by atoms with Crippen LogP contribution in [0.2, 0.25) is 0 Å². The van der Waals surface area contributed by atoms with E-state index in [2.05, 4.69) is 31.0 Å². The van der Waals surface area contributed by atoms with Crippen LogP contribution in [0.1, 0.15) is 65.7 Å². The SMILES string of the molecule is CCCC1CN(CCC2CCCC(C)C2)C(C)CN1. The van der Waals surface area contributed by atoms with Crippen molar-refractivity contribution < 1.29 is 0 Å². The fourth-order valence-corrected chi connectivity index (χ4v) is 4.02. The Kier molecular flexibility index (Phi) is 6.15. The average Bonchev–Trinajstić information content (AvgIpc) is 2.40. The molecule has 2 nitrogen and oxygen atoms in total. The van der Waals surface area contributed by atoms with Gasteiger partial charge in [-0.15, -0.1) is 0 Å². The second-order valence-corrected chi connectivity index (χ2v) is 7.16. The number of piperazine rings is 1. The van der Waals surface area contributed by atoms with Crippen LogP contribution in [-0.4, -0.2) is 36.6 Å². The highest BCUT2D eigenvalue weighted by atomic mass is 15.2. The summed E-state index contributed by atoms with van der Waals surface area (Å²) in [5.41, 5.74) is 0. The Morgan fingerprint density at radius 1 is 1.16 bits per heavy atom. The Morgan fingerprint density at radius 2 is 2.00 bits per heavy atom. The first-order valence-corrected chi connectivity index (χ1v) is 8.66. The first-order chi connectivity index (χ1) is 9.19. The van der Waals surface area contributed by atoms with Crippen molar-refractivity contribution in [2.75, 3.05) is 19.6 Å². The fraction of sp³-hybridized carbons (Fsp3) is 1.00. The van der Waals surface area contributed by atoms with E-state index in [0.717, 1.165) is 23.9 Å². The zero-order valence-electron chi connectivity index (χ0n) is 13.3. The molecule has 2 heteroatoms. The van der Waals surface area contributed by atoms with Gasteiger partial charge in [-0.05, 0) is 44.6 Å². The molecule has 1 aliphatic heterocycles. The molecule has 0 spiro atoms. The van der Waals surface area contributed by atoms with Crippen LogP contribution >= 0.6 is 0 Å². The molecule has 1 saturated carbocycles. The highest BCUT2D eigenvalue weighted by Gasteiger charge is 2.25. The van der Waals surface area contributed by atoms with Gasteiger partial charge in [0, 0.05) is 25.2 Å². The molecule has 0 bridgehead atoms. The Hall–Kier alpha value is -0.0800. The third-order valence-electron chi connectivity index (χ3n) is 5.29. The van der Waals surface area contributed by atoms with Crippen LogP contribution in [-0.2, 0) is 0 Å². The summed E-state index contributed by atoms with van der Waals surface area (Å²) < 4.78 is 0. The van der Waals surface area contributed by atoms with Gasteiger partial charge in [0.25, 0.3) is 0 Å². The van der Waals surface area contributed by atoms with Gasteiger partial charge in [-0.2, -0.15) is 0 Å². The smallest absolute Gasteiger partial charge is 0.0195 e. The molecule has 0 aromatic rings. The van der Waals surface area contributed by atoms with Gasteiger partial charge in [0.2, 0.25) is 0 Å². The third kappa shape index (κ3) is 4.75. The van der Waals surface area contributed by atoms with E-state index in [1.165, 1.54) is 64.6 Å². The normalized spacial score (nSPS) is 37.4. The predicted octanol–water partition coefficient (Wildman–Crippen LogP) is 3.67. The maximum absolute atomic E-state index is 3.70. The van der Waals surface area contributed by atoms with Crippen molar-refractivity contribution in [1.29, 1.82) is 0 Å². The Labute approximate surface area is 120 Å². The van der Waals surface area contributed by atoms with Crippen LogP contribution in [0.25, 0.3) is 0 Å².